The molecule has 0 aliphatic carbocycles. The van der Waals surface area contributed by atoms with E-state index in [1.54, 1.807) is 0 Å². The standard InChI is InChI=1S/C25H53NO5S2.Na/c1-2-3-4-5-6-7-8-9-10-11-12-13-14-15-16-17-18-19-20-21-22-23-26-32(27,28)24-25-33(29,30)31;/h26H,2-25H2,1H3,(H,29,30,31);/q;+1/p-1. The number of unbranched alkanes of at least 4 members (excludes halogenated alkanes) is 20. The van der Waals surface area contributed by atoms with Crippen LogP contribution >= 0.6 is 0 Å². The van der Waals surface area contributed by atoms with Crippen LogP contribution in [0.25, 0.3) is 0 Å². The first-order valence-corrected chi connectivity index (χ1v) is 16.9. The van der Waals surface area contributed by atoms with Crippen LogP contribution in [0, 0.1) is 0 Å². The second-order valence-corrected chi connectivity index (χ2v) is 13.0. The molecule has 0 heterocycles. The van der Waals surface area contributed by atoms with Gasteiger partial charge in [0.1, 0.15) is 0 Å². The first kappa shape index (κ1) is 37.0. The molecule has 0 unspecified atom stereocenters. The van der Waals surface area contributed by atoms with E-state index in [2.05, 4.69) is 11.6 Å². The Balaban J connectivity index is 0. The van der Waals surface area contributed by atoms with Gasteiger partial charge in [-0.15, -0.1) is 0 Å². The molecule has 0 radical (unpaired) electrons. The first-order chi connectivity index (χ1) is 15.8. The summed E-state index contributed by atoms with van der Waals surface area (Å²) in [5, 5.41) is 0. The molecule has 0 rings (SSSR count). The van der Waals surface area contributed by atoms with Gasteiger partial charge in [0.15, 0.2) is 0 Å². The Hall–Kier alpha value is 0.820. The van der Waals surface area contributed by atoms with Crippen molar-refractivity contribution in [1.29, 1.82) is 0 Å². The monoisotopic (exact) mass is 533 g/mol. The Labute approximate surface area is 234 Å². The summed E-state index contributed by atoms with van der Waals surface area (Å²) in [5.41, 5.74) is 0. The Kier molecular flexibility index (Phi) is 27.7. The molecule has 0 aromatic carbocycles. The van der Waals surface area contributed by atoms with Crippen LogP contribution in [0.1, 0.15) is 142 Å². The summed E-state index contributed by atoms with van der Waals surface area (Å²) in [4.78, 5) is 0. The van der Waals surface area contributed by atoms with Crippen molar-refractivity contribution in [3.05, 3.63) is 0 Å². The van der Waals surface area contributed by atoms with E-state index in [0.717, 1.165) is 19.3 Å². The van der Waals surface area contributed by atoms with Gasteiger partial charge in [-0.2, -0.15) is 0 Å². The van der Waals surface area contributed by atoms with Gasteiger partial charge >= 0.3 is 29.6 Å². The molecule has 0 spiro atoms. The van der Waals surface area contributed by atoms with Crippen LogP contribution in [-0.4, -0.2) is 39.4 Å². The van der Waals surface area contributed by atoms with Crippen LogP contribution in [0.15, 0.2) is 0 Å². The summed E-state index contributed by atoms with van der Waals surface area (Å²) in [7, 11) is -8.16. The van der Waals surface area contributed by atoms with Gasteiger partial charge in [-0.05, 0) is 6.42 Å². The summed E-state index contributed by atoms with van der Waals surface area (Å²) in [5.74, 6) is -1.53. The van der Waals surface area contributed by atoms with E-state index >= 15 is 0 Å². The van der Waals surface area contributed by atoms with Crippen LogP contribution < -0.4 is 34.3 Å². The Morgan fingerprint density at radius 1 is 0.500 bits per heavy atom. The van der Waals surface area contributed by atoms with Crippen LogP contribution in [0.2, 0.25) is 0 Å². The maximum atomic E-state index is 11.6. The quantitative estimate of drug-likeness (QED) is 0.104. The first-order valence-electron chi connectivity index (χ1n) is 13.7. The average Bonchev–Trinajstić information content (AvgIpc) is 2.75. The predicted octanol–water partition coefficient (Wildman–Crippen LogP) is 3.67. The summed E-state index contributed by atoms with van der Waals surface area (Å²) in [6, 6.07) is 0. The molecule has 0 saturated heterocycles. The summed E-state index contributed by atoms with van der Waals surface area (Å²) in [6.45, 7) is 2.58. The Morgan fingerprint density at radius 3 is 1.09 bits per heavy atom. The van der Waals surface area contributed by atoms with Gasteiger partial charge in [0.05, 0.1) is 21.6 Å². The molecule has 0 aliphatic heterocycles. The fourth-order valence-corrected chi connectivity index (χ4v) is 6.36. The smallest absolute Gasteiger partial charge is 0.748 e. The third-order valence-corrected chi connectivity index (χ3v) is 8.55. The van der Waals surface area contributed by atoms with E-state index in [0.29, 0.717) is 6.54 Å². The largest absolute Gasteiger partial charge is 1.00 e. The molecule has 0 aromatic heterocycles. The molecule has 200 valence electrons. The molecule has 0 aromatic rings. The molecule has 0 saturated carbocycles. The minimum absolute atomic E-state index is 0. The molecule has 9 heteroatoms. The van der Waals surface area contributed by atoms with Gasteiger partial charge in [0.2, 0.25) is 10.0 Å². The van der Waals surface area contributed by atoms with Crippen molar-refractivity contribution >= 4 is 20.1 Å². The van der Waals surface area contributed by atoms with Crippen LogP contribution in [-0.2, 0) is 20.1 Å². The number of sulfonamides is 1. The third kappa shape index (κ3) is 30.9. The van der Waals surface area contributed by atoms with Gasteiger partial charge < -0.3 is 4.55 Å². The second-order valence-electron chi connectivity index (χ2n) is 9.55. The van der Waals surface area contributed by atoms with Crippen LogP contribution in [0.3, 0.4) is 0 Å². The fraction of sp³-hybridized carbons (Fsp3) is 1.00. The van der Waals surface area contributed by atoms with E-state index < -0.39 is 31.6 Å². The second kappa shape index (κ2) is 25.5. The predicted molar refractivity (Wildman–Crippen MR) is 139 cm³/mol. The number of hydrogen-bond donors (Lipinski definition) is 1. The van der Waals surface area contributed by atoms with Crippen molar-refractivity contribution < 1.29 is 50.9 Å². The minimum Gasteiger partial charge on any atom is -0.748 e. The fourth-order valence-electron chi connectivity index (χ4n) is 4.07. The summed E-state index contributed by atoms with van der Waals surface area (Å²) >= 11 is 0. The van der Waals surface area contributed by atoms with E-state index in [-0.39, 0.29) is 29.6 Å². The molecule has 0 amide bonds. The third-order valence-electron chi connectivity index (χ3n) is 6.20. The van der Waals surface area contributed by atoms with E-state index in [1.165, 1.54) is 116 Å². The Bertz CT molecular complexity index is 627. The molecule has 34 heavy (non-hydrogen) atoms. The van der Waals surface area contributed by atoms with Crippen molar-refractivity contribution in [3.8, 4) is 0 Å². The zero-order valence-corrected chi connectivity index (χ0v) is 26.0. The molecular formula is C25H52NNaO5S2. The molecule has 1 N–H and O–H groups in total. The zero-order valence-electron chi connectivity index (χ0n) is 22.3. The summed E-state index contributed by atoms with van der Waals surface area (Å²) < 4.78 is 57.0. The molecule has 0 fully saturated rings. The maximum absolute atomic E-state index is 11.6. The van der Waals surface area contributed by atoms with Gasteiger partial charge in [0.25, 0.3) is 0 Å². The average molecular weight is 534 g/mol. The van der Waals surface area contributed by atoms with Gasteiger partial charge in [-0.25, -0.2) is 21.6 Å². The number of nitrogens with one attached hydrogen (secondary N) is 1. The molecule has 0 atom stereocenters. The minimum atomic E-state index is -4.49. The van der Waals surface area contributed by atoms with Crippen LogP contribution in [0.5, 0.6) is 0 Å². The zero-order chi connectivity index (χ0) is 24.7. The van der Waals surface area contributed by atoms with Gasteiger partial charge in [-0.3, -0.25) is 0 Å². The van der Waals surface area contributed by atoms with Gasteiger partial charge in [0, 0.05) is 6.54 Å². The molecular weight excluding hydrogens is 481 g/mol. The normalized spacial score (nSPS) is 12.1. The van der Waals surface area contributed by atoms with E-state index in [9.17, 15) is 21.4 Å². The Morgan fingerprint density at radius 2 is 0.794 bits per heavy atom. The topological polar surface area (TPSA) is 103 Å². The molecule has 0 aliphatic rings. The van der Waals surface area contributed by atoms with E-state index in [4.69, 9.17) is 0 Å². The summed E-state index contributed by atoms with van der Waals surface area (Å²) in [6.07, 6.45) is 27.4. The SMILES string of the molecule is CCCCCCCCCCCCCCCCCCCCCCCNS(=O)(=O)CCS(=O)(=O)[O-].[Na+]. The van der Waals surface area contributed by atoms with Crippen molar-refractivity contribution in [1.82, 2.24) is 4.72 Å². The van der Waals surface area contributed by atoms with Crippen molar-refractivity contribution in [3.63, 3.8) is 0 Å². The van der Waals surface area contributed by atoms with E-state index in [1.807, 2.05) is 0 Å². The van der Waals surface area contributed by atoms with Crippen LogP contribution in [0.4, 0.5) is 0 Å². The van der Waals surface area contributed by atoms with Gasteiger partial charge in [-0.1, -0.05) is 135 Å². The number of hydrogen-bond acceptors (Lipinski definition) is 5. The number of rotatable bonds is 26. The van der Waals surface area contributed by atoms with Crippen molar-refractivity contribution in [2.75, 3.05) is 18.1 Å². The van der Waals surface area contributed by atoms with Crippen molar-refractivity contribution in [2.45, 2.75) is 142 Å². The maximum Gasteiger partial charge on any atom is 1.00 e. The molecule has 6 nitrogen and oxygen atoms in total. The molecule has 0 bridgehead atoms. The van der Waals surface area contributed by atoms with Crippen molar-refractivity contribution in [2.24, 2.45) is 0 Å².